The molecule has 0 aliphatic heterocycles. The average Bonchev–Trinajstić information content (AvgIpc) is 2.97. The molecule has 0 unspecified atom stereocenters. The second kappa shape index (κ2) is 7.69. The third kappa shape index (κ3) is 4.03. The van der Waals surface area contributed by atoms with Gasteiger partial charge in [-0.3, -0.25) is 10.1 Å². The summed E-state index contributed by atoms with van der Waals surface area (Å²) in [7, 11) is 1.52. The van der Waals surface area contributed by atoms with Crippen molar-refractivity contribution in [3.05, 3.63) is 51.5 Å². The van der Waals surface area contributed by atoms with E-state index in [0.717, 1.165) is 20.3 Å². The Kier molecular flexibility index (Phi) is 5.55. The van der Waals surface area contributed by atoms with E-state index in [4.69, 9.17) is 17.0 Å². The number of anilines is 1. The van der Waals surface area contributed by atoms with E-state index in [1.54, 1.807) is 18.2 Å². The van der Waals surface area contributed by atoms with E-state index in [1.165, 1.54) is 24.0 Å². The number of amides is 1. The van der Waals surface area contributed by atoms with Gasteiger partial charge in [-0.2, -0.15) is 0 Å². The molecule has 3 aromatic rings. The minimum atomic E-state index is -0.353. The summed E-state index contributed by atoms with van der Waals surface area (Å²) in [6.07, 6.45) is 0. The quantitative estimate of drug-likeness (QED) is 0.561. The van der Waals surface area contributed by atoms with Gasteiger partial charge in [-0.1, -0.05) is 33.3 Å². The van der Waals surface area contributed by atoms with Gasteiger partial charge in [0.05, 0.1) is 22.9 Å². The monoisotopic (exact) mass is 449 g/mol. The lowest BCUT2D eigenvalue weighted by Crippen LogP contribution is -2.34. The molecule has 0 atom stereocenters. The van der Waals surface area contributed by atoms with E-state index in [-0.39, 0.29) is 11.0 Å². The normalized spacial score (nSPS) is 10.6. The van der Waals surface area contributed by atoms with E-state index in [9.17, 15) is 4.79 Å². The van der Waals surface area contributed by atoms with Crippen LogP contribution in [0.5, 0.6) is 5.75 Å². The first-order chi connectivity index (χ1) is 12.4. The second-order valence-corrected chi connectivity index (χ2v) is 8.06. The van der Waals surface area contributed by atoms with E-state index in [2.05, 4.69) is 50.6 Å². The van der Waals surface area contributed by atoms with Crippen molar-refractivity contribution in [1.29, 1.82) is 0 Å². The van der Waals surface area contributed by atoms with Crippen molar-refractivity contribution in [2.24, 2.45) is 0 Å². The third-order valence-corrected chi connectivity index (χ3v) is 5.30. The Balaban J connectivity index is 1.76. The highest BCUT2D eigenvalue weighted by molar-refractivity contribution is 9.10. The van der Waals surface area contributed by atoms with Gasteiger partial charge < -0.3 is 10.1 Å². The Labute approximate surface area is 168 Å². The van der Waals surface area contributed by atoms with Crippen LogP contribution < -0.4 is 15.4 Å². The van der Waals surface area contributed by atoms with Gasteiger partial charge in [-0.15, -0.1) is 0 Å². The number of halogens is 1. The number of nitrogens with one attached hydrogen (secondary N) is 2. The lowest BCUT2D eigenvalue weighted by atomic mass is 10.1. The van der Waals surface area contributed by atoms with Crippen LogP contribution in [-0.4, -0.2) is 23.1 Å². The Bertz CT molecular complexity index is 1020. The van der Waals surface area contributed by atoms with Crippen LogP contribution in [0.25, 0.3) is 10.2 Å². The van der Waals surface area contributed by atoms with E-state index < -0.39 is 0 Å². The standard InChI is InChI=1S/C18H16BrN3O2S2/c1-9-6-10(2)15-14(7-9)26-18(20-15)22-17(25)21-16(23)12-8-11(19)4-5-13(12)24-3/h4-8H,1-3H3,(H2,20,21,22,23,25). The van der Waals surface area contributed by atoms with Crippen molar-refractivity contribution in [3.8, 4) is 5.75 Å². The summed E-state index contributed by atoms with van der Waals surface area (Å²) in [4.78, 5) is 17.0. The number of nitrogens with zero attached hydrogens (tertiary/aromatic N) is 1. The summed E-state index contributed by atoms with van der Waals surface area (Å²) >= 11 is 10.1. The zero-order valence-electron chi connectivity index (χ0n) is 14.3. The molecule has 1 amide bonds. The van der Waals surface area contributed by atoms with Crippen LogP contribution in [0.2, 0.25) is 0 Å². The molecule has 0 bridgehead atoms. The van der Waals surface area contributed by atoms with Crippen LogP contribution in [0.4, 0.5) is 5.13 Å². The maximum Gasteiger partial charge on any atom is 0.261 e. The highest BCUT2D eigenvalue weighted by Gasteiger charge is 2.15. The molecule has 26 heavy (non-hydrogen) atoms. The second-order valence-electron chi connectivity index (χ2n) is 5.70. The fraction of sp³-hybridized carbons (Fsp3) is 0.167. The lowest BCUT2D eigenvalue weighted by Gasteiger charge is -2.10. The number of fused-ring (bicyclic) bond motifs is 1. The SMILES string of the molecule is COc1ccc(Br)cc1C(=O)NC(=S)Nc1nc2c(C)cc(C)cc2s1. The molecule has 0 fully saturated rings. The summed E-state index contributed by atoms with van der Waals surface area (Å²) in [5.74, 6) is 0.119. The van der Waals surface area contributed by atoms with Gasteiger partial charge in [0, 0.05) is 4.47 Å². The molecule has 1 heterocycles. The van der Waals surface area contributed by atoms with Gasteiger partial charge in [-0.25, -0.2) is 4.98 Å². The highest BCUT2D eigenvalue weighted by atomic mass is 79.9. The van der Waals surface area contributed by atoms with Crippen molar-refractivity contribution in [1.82, 2.24) is 10.3 Å². The molecule has 2 aromatic carbocycles. The van der Waals surface area contributed by atoms with Crippen LogP contribution >= 0.6 is 39.5 Å². The fourth-order valence-corrected chi connectivity index (χ4v) is 4.24. The number of aromatic nitrogens is 1. The van der Waals surface area contributed by atoms with Gasteiger partial charge in [0.15, 0.2) is 10.2 Å². The van der Waals surface area contributed by atoms with Gasteiger partial charge in [0.1, 0.15) is 5.75 Å². The first-order valence-electron chi connectivity index (χ1n) is 7.71. The Morgan fingerprint density at radius 1 is 1.27 bits per heavy atom. The van der Waals surface area contributed by atoms with Crippen molar-refractivity contribution < 1.29 is 9.53 Å². The molecule has 0 saturated carbocycles. The first kappa shape index (κ1) is 18.8. The molecule has 3 rings (SSSR count). The molecule has 0 radical (unpaired) electrons. The van der Waals surface area contributed by atoms with Crippen molar-refractivity contribution in [2.45, 2.75) is 13.8 Å². The van der Waals surface area contributed by atoms with Crippen LogP contribution in [0.3, 0.4) is 0 Å². The van der Waals surface area contributed by atoms with Gasteiger partial charge >= 0.3 is 0 Å². The number of rotatable bonds is 3. The smallest absolute Gasteiger partial charge is 0.261 e. The Morgan fingerprint density at radius 2 is 2.04 bits per heavy atom. The molecule has 0 spiro atoms. The zero-order chi connectivity index (χ0) is 18.8. The van der Waals surface area contributed by atoms with Crippen LogP contribution in [0.1, 0.15) is 21.5 Å². The number of aryl methyl sites for hydroxylation is 2. The van der Waals surface area contributed by atoms with E-state index in [1.807, 2.05) is 6.92 Å². The lowest BCUT2D eigenvalue weighted by molar-refractivity contribution is 0.0974. The maximum absolute atomic E-state index is 12.5. The number of methoxy groups -OCH3 is 1. The summed E-state index contributed by atoms with van der Waals surface area (Å²) in [5.41, 5.74) is 3.62. The Hall–Kier alpha value is -2.03. The molecule has 2 N–H and O–H groups in total. The van der Waals surface area contributed by atoms with Gasteiger partial charge in [0.25, 0.3) is 5.91 Å². The largest absolute Gasteiger partial charge is 0.496 e. The number of benzene rings is 2. The number of carbonyl (C=O) groups excluding carboxylic acids is 1. The summed E-state index contributed by atoms with van der Waals surface area (Å²) < 4.78 is 7.08. The molecule has 0 aliphatic carbocycles. The molecule has 1 aromatic heterocycles. The number of hydrogen-bond acceptors (Lipinski definition) is 5. The average molecular weight is 450 g/mol. The highest BCUT2D eigenvalue weighted by Crippen LogP contribution is 2.29. The molecular weight excluding hydrogens is 434 g/mol. The van der Waals surface area contributed by atoms with Crippen LogP contribution in [0.15, 0.2) is 34.8 Å². The summed E-state index contributed by atoms with van der Waals surface area (Å²) in [6.45, 7) is 4.08. The first-order valence-corrected chi connectivity index (χ1v) is 9.73. The summed E-state index contributed by atoms with van der Waals surface area (Å²) in [6, 6.07) is 9.37. The number of carbonyl (C=O) groups is 1. The molecule has 0 aliphatic rings. The number of hydrogen-bond donors (Lipinski definition) is 2. The molecular formula is C18H16BrN3O2S2. The topological polar surface area (TPSA) is 63.2 Å². The van der Waals surface area contributed by atoms with Crippen LogP contribution in [-0.2, 0) is 0 Å². The van der Waals surface area contributed by atoms with Crippen molar-refractivity contribution in [3.63, 3.8) is 0 Å². The van der Waals surface area contributed by atoms with E-state index >= 15 is 0 Å². The molecule has 134 valence electrons. The van der Waals surface area contributed by atoms with Crippen LogP contribution in [0, 0.1) is 13.8 Å². The summed E-state index contributed by atoms with van der Waals surface area (Å²) in [5, 5.41) is 6.47. The molecule has 8 heteroatoms. The predicted octanol–water partition coefficient (Wildman–Crippen LogP) is 4.81. The van der Waals surface area contributed by atoms with Gasteiger partial charge in [-0.05, 0) is 61.5 Å². The van der Waals surface area contributed by atoms with E-state index in [0.29, 0.717) is 16.4 Å². The predicted molar refractivity (Wildman–Crippen MR) is 113 cm³/mol. The molecule has 0 saturated heterocycles. The molecule has 5 nitrogen and oxygen atoms in total. The van der Waals surface area contributed by atoms with Gasteiger partial charge in [0.2, 0.25) is 0 Å². The fourth-order valence-electron chi connectivity index (χ4n) is 2.58. The van der Waals surface area contributed by atoms with Crippen molar-refractivity contribution in [2.75, 3.05) is 12.4 Å². The maximum atomic E-state index is 12.5. The zero-order valence-corrected chi connectivity index (χ0v) is 17.6. The number of thiazole rings is 1. The van der Waals surface area contributed by atoms with Crippen molar-refractivity contribution >= 4 is 65.9 Å². The number of thiocarbonyl (C=S) groups is 1. The minimum absolute atomic E-state index is 0.186. The third-order valence-electron chi connectivity index (χ3n) is 3.68. The minimum Gasteiger partial charge on any atom is -0.496 e. The Morgan fingerprint density at radius 3 is 2.77 bits per heavy atom. The number of ether oxygens (including phenoxy) is 1.